The number of carbonyl (C=O) groups excluding carboxylic acids is 1. The van der Waals surface area contributed by atoms with Gasteiger partial charge < -0.3 is 4.98 Å². The Kier molecular flexibility index (Phi) is 6.90. The van der Waals surface area contributed by atoms with E-state index in [-0.39, 0.29) is 27.4 Å². The number of rotatable bonds is 7. The summed E-state index contributed by atoms with van der Waals surface area (Å²) in [6.07, 6.45) is 8.93. The highest BCUT2D eigenvalue weighted by Gasteiger charge is 2.28. The van der Waals surface area contributed by atoms with Crippen molar-refractivity contribution in [2.45, 2.75) is 55.9 Å². The van der Waals surface area contributed by atoms with Crippen LogP contribution >= 0.6 is 12.2 Å². The van der Waals surface area contributed by atoms with Crippen LogP contribution < -0.4 is 5.56 Å². The largest absolute Gasteiger partial charge is 0.331 e. The summed E-state index contributed by atoms with van der Waals surface area (Å²) >= 11 is 5.52. The number of Topliss-reactive ketones (excluding diaryl/α,β-unsaturated/α-hetero) is 1. The molecule has 33 heavy (non-hydrogen) atoms. The van der Waals surface area contributed by atoms with E-state index in [1.165, 1.54) is 29.2 Å². The van der Waals surface area contributed by atoms with E-state index in [0.29, 0.717) is 28.9 Å². The van der Waals surface area contributed by atoms with E-state index in [1.54, 1.807) is 18.3 Å². The van der Waals surface area contributed by atoms with Gasteiger partial charge in [-0.15, -0.1) is 0 Å². The molecule has 3 aromatic rings. The summed E-state index contributed by atoms with van der Waals surface area (Å²) in [7, 11) is -3.44. The van der Waals surface area contributed by atoms with E-state index in [9.17, 15) is 18.0 Å². The number of sulfone groups is 1. The van der Waals surface area contributed by atoms with Gasteiger partial charge in [0.25, 0.3) is 5.56 Å². The Morgan fingerprint density at radius 2 is 1.97 bits per heavy atom. The molecule has 1 N–H and O–H groups in total. The topological polar surface area (TPSA) is 102 Å². The molecule has 0 radical (unpaired) electrons. The van der Waals surface area contributed by atoms with Gasteiger partial charge in [0.2, 0.25) is 0 Å². The average Bonchev–Trinajstić information content (AvgIpc) is 2.78. The van der Waals surface area contributed by atoms with Gasteiger partial charge in [-0.05, 0) is 54.9 Å². The van der Waals surface area contributed by atoms with Crippen molar-refractivity contribution in [2.75, 3.05) is 6.26 Å². The van der Waals surface area contributed by atoms with Crippen LogP contribution in [0, 0.1) is 10.7 Å². The van der Waals surface area contributed by atoms with E-state index >= 15 is 0 Å². The Morgan fingerprint density at radius 1 is 1.21 bits per heavy atom. The molecule has 1 atom stereocenters. The zero-order chi connectivity index (χ0) is 23.6. The van der Waals surface area contributed by atoms with Crippen molar-refractivity contribution in [3.8, 4) is 0 Å². The van der Waals surface area contributed by atoms with E-state index in [0.717, 1.165) is 31.9 Å². The standard InChI is InChI=1S/C24H27N3O4S2/c1-33(30,31)18-10-11-19-20(15-18)26-24(32)27(23(19)29)21(13-16-7-3-2-4-8-16)22(28)14-17-9-5-6-12-25-17/h5-6,9-12,15-16,21H,2-4,7-8,13-14H2,1H3,(H,26,32). The lowest BCUT2D eigenvalue weighted by Gasteiger charge is -2.27. The highest BCUT2D eigenvalue weighted by Crippen LogP contribution is 2.31. The number of nitrogens with zero attached hydrogens (tertiary/aromatic N) is 2. The number of pyridine rings is 1. The zero-order valence-electron chi connectivity index (χ0n) is 18.5. The molecular weight excluding hydrogens is 458 g/mol. The third-order valence-electron chi connectivity index (χ3n) is 6.37. The zero-order valence-corrected chi connectivity index (χ0v) is 20.1. The van der Waals surface area contributed by atoms with Gasteiger partial charge in [-0.25, -0.2) is 8.42 Å². The predicted octanol–water partition coefficient (Wildman–Crippen LogP) is 4.18. The molecule has 1 fully saturated rings. The lowest BCUT2D eigenvalue weighted by molar-refractivity contribution is -0.122. The maximum absolute atomic E-state index is 13.5. The van der Waals surface area contributed by atoms with E-state index in [4.69, 9.17) is 12.2 Å². The van der Waals surface area contributed by atoms with Crippen LogP contribution in [0.15, 0.2) is 52.3 Å². The molecule has 1 unspecified atom stereocenters. The lowest BCUT2D eigenvalue weighted by Crippen LogP contribution is -2.34. The van der Waals surface area contributed by atoms with Crippen molar-refractivity contribution in [3.05, 3.63) is 63.4 Å². The Bertz CT molecular complexity index is 1390. The molecule has 1 aliphatic rings. The number of aromatic amines is 1. The van der Waals surface area contributed by atoms with E-state index in [1.807, 2.05) is 6.07 Å². The van der Waals surface area contributed by atoms with Crippen LogP contribution in [0.3, 0.4) is 0 Å². The Labute approximate surface area is 197 Å². The number of benzene rings is 1. The number of fused-ring (bicyclic) bond motifs is 1. The minimum atomic E-state index is -3.44. The molecule has 9 heteroatoms. The van der Waals surface area contributed by atoms with Gasteiger partial charge in [0.15, 0.2) is 20.4 Å². The first kappa shape index (κ1) is 23.5. The molecule has 0 bridgehead atoms. The first-order valence-corrected chi connectivity index (χ1v) is 13.5. The number of nitrogens with one attached hydrogen (secondary N) is 1. The maximum atomic E-state index is 13.5. The summed E-state index contributed by atoms with van der Waals surface area (Å²) in [4.78, 5) is 34.3. The highest BCUT2D eigenvalue weighted by molar-refractivity contribution is 7.90. The molecule has 1 aliphatic carbocycles. The summed E-state index contributed by atoms with van der Waals surface area (Å²) in [5, 5.41) is 0.301. The summed E-state index contributed by atoms with van der Waals surface area (Å²) in [5.41, 5.74) is 0.611. The summed E-state index contributed by atoms with van der Waals surface area (Å²) in [5.74, 6) is 0.244. The van der Waals surface area contributed by atoms with Crippen molar-refractivity contribution < 1.29 is 13.2 Å². The normalized spacial score (nSPS) is 16.0. The second-order valence-corrected chi connectivity index (χ2v) is 11.2. The Hall–Kier alpha value is -2.65. The first-order valence-electron chi connectivity index (χ1n) is 11.2. The van der Waals surface area contributed by atoms with Gasteiger partial charge in [-0.3, -0.25) is 19.1 Å². The fraction of sp³-hybridized carbons (Fsp3) is 0.417. The SMILES string of the molecule is CS(=O)(=O)c1ccc2c(=O)n(C(CC3CCCCC3)C(=O)Cc3ccccn3)c(=S)[nH]c2c1. The van der Waals surface area contributed by atoms with Crippen molar-refractivity contribution >= 4 is 38.7 Å². The van der Waals surface area contributed by atoms with Crippen LogP contribution in [0.1, 0.15) is 50.3 Å². The van der Waals surface area contributed by atoms with E-state index < -0.39 is 15.9 Å². The summed E-state index contributed by atoms with van der Waals surface area (Å²) < 4.78 is 25.4. The Balaban J connectivity index is 1.79. The molecule has 4 rings (SSSR count). The van der Waals surface area contributed by atoms with Gasteiger partial charge >= 0.3 is 0 Å². The third-order valence-corrected chi connectivity index (χ3v) is 7.78. The number of hydrogen-bond donors (Lipinski definition) is 1. The van der Waals surface area contributed by atoms with Gasteiger partial charge in [0.05, 0.1) is 28.3 Å². The highest BCUT2D eigenvalue weighted by atomic mass is 32.2. The minimum Gasteiger partial charge on any atom is -0.331 e. The van der Waals surface area contributed by atoms with Crippen molar-refractivity contribution in [1.82, 2.24) is 14.5 Å². The van der Waals surface area contributed by atoms with Crippen LogP contribution in [0.25, 0.3) is 10.9 Å². The fourth-order valence-corrected chi connectivity index (χ4v) is 5.61. The van der Waals surface area contributed by atoms with Crippen molar-refractivity contribution in [1.29, 1.82) is 0 Å². The van der Waals surface area contributed by atoms with Gasteiger partial charge in [-0.2, -0.15) is 0 Å². The quantitative estimate of drug-likeness (QED) is 0.504. The Morgan fingerprint density at radius 3 is 2.64 bits per heavy atom. The molecule has 1 saturated carbocycles. The van der Waals surface area contributed by atoms with Crippen molar-refractivity contribution in [2.24, 2.45) is 5.92 Å². The smallest absolute Gasteiger partial charge is 0.262 e. The van der Waals surface area contributed by atoms with E-state index in [2.05, 4.69) is 9.97 Å². The van der Waals surface area contributed by atoms with Crippen LogP contribution in [0.4, 0.5) is 0 Å². The molecule has 0 spiro atoms. The number of aromatic nitrogens is 3. The lowest BCUT2D eigenvalue weighted by atomic mass is 9.83. The summed E-state index contributed by atoms with van der Waals surface area (Å²) in [6, 6.07) is 9.03. The van der Waals surface area contributed by atoms with Crippen LogP contribution in [0.2, 0.25) is 0 Å². The molecule has 1 aromatic carbocycles. The van der Waals surface area contributed by atoms with Crippen molar-refractivity contribution in [3.63, 3.8) is 0 Å². The van der Waals surface area contributed by atoms with Crippen LogP contribution in [-0.4, -0.2) is 35.0 Å². The molecular formula is C24H27N3O4S2. The van der Waals surface area contributed by atoms with Crippen LogP contribution in [0.5, 0.6) is 0 Å². The van der Waals surface area contributed by atoms with Gasteiger partial charge in [0, 0.05) is 18.1 Å². The monoisotopic (exact) mass is 485 g/mol. The van der Waals surface area contributed by atoms with Gasteiger partial charge in [-0.1, -0.05) is 38.2 Å². The molecule has 0 amide bonds. The summed E-state index contributed by atoms with van der Waals surface area (Å²) in [6.45, 7) is 0. The molecule has 2 aromatic heterocycles. The number of carbonyl (C=O) groups is 1. The fourth-order valence-electron chi connectivity index (χ4n) is 4.64. The third kappa shape index (κ3) is 5.30. The molecule has 7 nitrogen and oxygen atoms in total. The second kappa shape index (κ2) is 9.69. The predicted molar refractivity (Wildman–Crippen MR) is 130 cm³/mol. The first-order chi connectivity index (χ1) is 15.7. The van der Waals surface area contributed by atoms with Crippen LogP contribution in [-0.2, 0) is 21.1 Å². The molecule has 0 aliphatic heterocycles. The molecule has 0 saturated heterocycles. The molecule has 174 valence electrons. The number of H-pyrrole nitrogens is 1. The average molecular weight is 486 g/mol. The number of ketones is 1. The number of hydrogen-bond acceptors (Lipinski definition) is 6. The second-order valence-electron chi connectivity index (χ2n) is 8.80. The maximum Gasteiger partial charge on any atom is 0.262 e. The minimum absolute atomic E-state index is 0.0998. The molecule has 2 heterocycles. The van der Waals surface area contributed by atoms with Gasteiger partial charge in [0.1, 0.15) is 0 Å².